The number of nitrogens with one attached hydrogen (secondary N) is 2. The van der Waals surface area contributed by atoms with Crippen molar-refractivity contribution in [2.75, 3.05) is 26.7 Å². The fourth-order valence-electron chi connectivity index (χ4n) is 1.83. The van der Waals surface area contributed by atoms with Crippen LogP contribution >= 0.6 is 39.9 Å². The van der Waals surface area contributed by atoms with Crippen LogP contribution in [0.5, 0.6) is 0 Å². The van der Waals surface area contributed by atoms with Crippen molar-refractivity contribution in [3.63, 3.8) is 0 Å². The van der Waals surface area contributed by atoms with Crippen LogP contribution in [0.25, 0.3) is 0 Å². The summed E-state index contributed by atoms with van der Waals surface area (Å²) in [5, 5.41) is 5.94. The lowest BCUT2D eigenvalue weighted by Crippen LogP contribution is -2.39. The van der Waals surface area contributed by atoms with E-state index in [1.165, 1.54) is 5.56 Å². The summed E-state index contributed by atoms with van der Waals surface area (Å²) >= 11 is 3.54. The number of carbonyl (C=O) groups is 1. The van der Waals surface area contributed by atoms with Crippen molar-refractivity contribution in [2.24, 2.45) is 4.99 Å². The van der Waals surface area contributed by atoms with E-state index in [2.05, 4.69) is 37.6 Å². The topological polar surface area (TPSA) is 56.7 Å². The van der Waals surface area contributed by atoms with Gasteiger partial charge in [0.1, 0.15) is 6.54 Å². The number of halogens is 2. The van der Waals surface area contributed by atoms with Gasteiger partial charge in [0.15, 0.2) is 5.96 Å². The molecule has 1 rings (SSSR count). The molecular weight excluding hydrogens is 459 g/mol. The standard InChI is InChI=1S/C15H23BrN4O.HI/c1-4-17-14(21)10-19-15(18-5-2)20(3)11-12-8-6-7-9-13(12)16;/h6-9H,4-5,10-11H2,1-3H3,(H,17,21)(H,18,19);1H. The Balaban J connectivity index is 0.00000441. The van der Waals surface area contributed by atoms with Gasteiger partial charge in [0.05, 0.1) is 0 Å². The number of hydrogen-bond acceptors (Lipinski definition) is 2. The largest absolute Gasteiger partial charge is 0.357 e. The van der Waals surface area contributed by atoms with Gasteiger partial charge in [-0.25, -0.2) is 4.99 Å². The molecule has 0 spiro atoms. The lowest BCUT2D eigenvalue weighted by Gasteiger charge is -2.22. The van der Waals surface area contributed by atoms with E-state index in [0.29, 0.717) is 13.1 Å². The molecule has 0 bridgehead atoms. The molecule has 1 aromatic rings. The van der Waals surface area contributed by atoms with E-state index in [1.807, 2.05) is 44.0 Å². The second kappa shape index (κ2) is 11.7. The number of amides is 1. The zero-order chi connectivity index (χ0) is 15.7. The second-order valence-electron chi connectivity index (χ2n) is 4.57. The number of hydrogen-bond donors (Lipinski definition) is 2. The van der Waals surface area contributed by atoms with Gasteiger partial charge in [-0.05, 0) is 25.5 Å². The van der Waals surface area contributed by atoms with Crippen LogP contribution in [0.15, 0.2) is 33.7 Å². The molecule has 0 aliphatic carbocycles. The van der Waals surface area contributed by atoms with E-state index in [0.717, 1.165) is 17.0 Å². The Morgan fingerprint density at radius 1 is 1.23 bits per heavy atom. The lowest BCUT2D eigenvalue weighted by atomic mass is 10.2. The Labute approximate surface area is 158 Å². The van der Waals surface area contributed by atoms with E-state index in [-0.39, 0.29) is 36.4 Å². The van der Waals surface area contributed by atoms with Crippen LogP contribution in [0.4, 0.5) is 0 Å². The van der Waals surface area contributed by atoms with Crippen LogP contribution in [0, 0.1) is 0 Å². The third-order valence-corrected chi connectivity index (χ3v) is 3.58. The van der Waals surface area contributed by atoms with Crippen LogP contribution in [-0.2, 0) is 11.3 Å². The highest BCUT2D eigenvalue weighted by molar-refractivity contribution is 14.0. The maximum absolute atomic E-state index is 11.5. The highest BCUT2D eigenvalue weighted by Crippen LogP contribution is 2.17. The fourth-order valence-corrected chi connectivity index (χ4v) is 2.24. The first kappa shape index (κ1) is 21.2. The minimum Gasteiger partial charge on any atom is -0.357 e. The number of rotatable bonds is 6. The first-order valence-corrected chi connectivity index (χ1v) is 7.87. The Kier molecular flexibility index (Phi) is 11.3. The van der Waals surface area contributed by atoms with Gasteiger partial charge in [-0.2, -0.15) is 0 Å². The molecule has 0 unspecified atom stereocenters. The van der Waals surface area contributed by atoms with Crippen molar-refractivity contribution >= 4 is 51.8 Å². The molecule has 1 amide bonds. The van der Waals surface area contributed by atoms with Crippen molar-refractivity contribution in [3.05, 3.63) is 34.3 Å². The highest BCUT2D eigenvalue weighted by Gasteiger charge is 2.09. The molecule has 124 valence electrons. The van der Waals surface area contributed by atoms with Gasteiger partial charge in [0, 0.05) is 31.2 Å². The van der Waals surface area contributed by atoms with Crippen LogP contribution in [-0.4, -0.2) is 43.4 Å². The smallest absolute Gasteiger partial charge is 0.241 e. The van der Waals surface area contributed by atoms with Crippen LogP contribution in [0.1, 0.15) is 19.4 Å². The minimum atomic E-state index is -0.0674. The molecule has 0 heterocycles. The fraction of sp³-hybridized carbons (Fsp3) is 0.467. The summed E-state index contributed by atoms with van der Waals surface area (Å²) in [5.41, 5.74) is 1.17. The summed E-state index contributed by atoms with van der Waals surface area (Å²) in [4.78, 5) is 17.9. The van der Waals surface area contributed by atoms with Gasteiger partial charge in [-0.3, -0.25) is 4.79 Å². The number of benzene rings is 1. The molecule has 1 aromatic carbocycles. The maximum Gasteiger partial charge on any atom is 0.241 e. The normalized spacial score (nSPS) is 10.6. The SMILES string of the molecule is CCNC(=O)CN=C(NCC)N(C)Cc1ccccc1Br.I. The summed E-state index contributed by atoms with van der Waals surface area (Å²) in [6.45, 7) is 6.13. The first-order chi connectivity index (χ1) is 10.1. The lowest BCUT2D eigenvalue weighted by molar-refractivity contribution is -0.119. The molecule has 0 aliphatic rings. The molecule has 0 saturated heterocycles. The first-order valence-electron chi connectivity index (χ1n) is 7.08. The predicted molar refractivity (Wildman–Crippen MR) is 106 cm³/mol. The third kappa shape index (κ3) is 7.44. The number of guanidine groups is 1. The number of carbonyl (C=O) groups excluding carboxylic acids is 1. The number of aliphatic imine (C=N–C) groups is 1. The average Bonchev–Trinajstić information content (AvgIpc) is 2.46. The molecule has 5 nitrogen and oxygen atoms in total. The van der Waals surface area contributed by atoms with Gasteiger partial charge in [0.2, 0.25) is 5.91 Å². The summed E-state index contributed by atoms with van der Waals surface area (Å²) in [5.74, 6) is 0.654. The predicted octanol–water partition coefficient (Wildman–Crippen LogP) is 2.60. The van der Waals surface area contributed by atoms with Crippen LogP contribution in [0.2, 0.25) is 0 Å². The second-order valence-corrected chi connectivity index (χ2v) is 5.43. The minimum absolute atomic E-state index is 0. The van der Waals surface area contributed by atoms with E-state index in [1.54, 1.807) is 0 Å². The van der Waals surface area contributed by atoms with Crippen molar-refractivity contribution in [3.8, 4) is 0 Å². The number of likely N-dealkylation sites (N-methyl/N-ethyl adjacent to an activating group) is 1. The van der Waals surface area contributed by atoms with Gasteiger partial charge in [0.25, 0.3) is 0 Å². The molecule has 0 aromatic heterocycles. The van der Waals surface area contributed by atoms with Crippen molar-refractivity contribution in [1.82, 2.24) is 15.5 Å². The van der Waals surface area contributed by atoms with Gasteiger partial charge in [-0.1, -0.05) is 34.1 Å². The summed E-state index contributed by atoms with van der Waals surface area (Å²) in [7, 11) is 1.96. The van der Waals surface area contributed by atoms with Crippen molar-refractivity contribution < 1.29 is 4.79 Å². The van der Waals surface area contributed by atoms with Crippen LogP contribution < -0.4 is 10.6 Å². The molecule has 0 fully saturated rings. The average molecular weight is 483 g/mol. The summed E-state index contributed by atoms with van der Waals surface area (Å²) in [6, 6.07) is 8.07. The quantitative estimate of drug-likeness (QED) is 0.372. The Morgan fingerprint density at radius 3 is 2.45 bits per heavy atom. The zero-order valence-corrected chi connectivity index (χ0v) is 17.1. The molecule has 0 radical (unpaired) electrons. The molecule has 0 atom stereocenters. The van der Waals surface area contributed by atoms with Crippen LogP contribution in [0.3, 0.4) is 0 Å². The zero-order valence-electron chi connectivity index (χ0n) is 13.2. The molecule has 2 N–H and O–H groups in total. The number of nitrogens with zero attached hydrogens (tertiary/aromatic N) is 2. The Hall–Kier alpha value is -0.830. The van der Waals surface area contributed by atoms with E-state index in [4.69, 9.17) is 0 Å². The Bertz CT molecular complexity index is 496. The molecular formula is C15H24BrIN4O. The summed E-state index contributed by atoms with van der Waals surface area (Å²) in [6.07, 6.45) is 0. The molecule has 0 saturated carbocycles. The van der Waals surface area contributed by atoms with E-state index in [9.17, 15) is 4.79 Å². The van der Waals surface area contributed by atoms with E-state index >= 15 is 0 Å². The van der Waals surface area contributed by atoms with Gasteiger partial charge >= 0.3 is 0 Å². The molecule has 7 heteroatoms. The Morgan fingerprint density at radius 2 is 1.86 bits per heavy atom. The highest BCUT2D eigenvalue weighted by atomic mass is 127. The third-order valence-electron chi connectivity index (χ3n) is 2.81. The van der Waals surface area contributed by atoms with E-state index < -0.39 is 0 Å². The molecule has 22 heavy (non-hydrogen) atoms. The van der Waals surface area contributed by atoms with Crippen molar-refractivity contribution in [2.45, 2.75) is 20.4 Å². The molecule has 0 aliphatic heterocycles. The monoisotopic (exact) mass is 482 g/mol. The maximum atomic E-state index is 11.5. The van der Waals surface area contributed by atoms with Gasteiger partial charge < -0.3 is 15.5 Å². The van der Waals surface area contributed by atoms with Gasteiger partial charge in [-0.15, -0.1) is 24.0 Å². The van der Waals surface area contributed by atoms with Crippen molar-refractivity contribution in [1.29, 1.82) is 0 Å². The summed E-state index contributed by atoms with van der Waals surface area (Å²) < 4.78 is 1.07.